The fraction of sp³-hybridized carbons (Fsp3) is 0.0667. The number of rotatable bonds is 3. The van der Waals surface area contributed by atoms with Gasteiger partial charge in [-0.2, -0.15) is 0 Å². The van der Waals surface area contributed by atoms with E-state index in [2.05, 4.69) is 15.3 Å². The Kier molecular flexibility index (Phi) is 3.29. The van der Waals surface area contributed by atoms with Gasteiger partial charge in [-0.05, 0) is 35.9 Å². The molecule has 1 aliphatic heterocycles. The molecular weight excluding hydrogens is 266 g/mol. The number of aromatic nitrogens is 1. The van der Waals surface area contributed by atoms with E-state index in [0.29, 0.717) is 5.75 Å². The highest BCUT2D eigenvalue weighted by Gasteiger charge is 2.25. The van der Waals surface area contributed by atoms with E-state index < -0.39 is 5.66 Å². The summed E-state index contributed by atoms with van der Waals surface area (Å²) in [6.07, 6.45) is 6.79. The third-order valence-corrected chi connectivity index (χ3v) is 3.08. The number of guanidine groups is 1. The summed E-state index contributed by atoms with van der Waals surface area (Å²) in [6, 6.07) is 11.0. The fourth-order valence-electron chi connectivity index (χ4n) is 2.02. The summed E-state index contributed by atoms with van der Waals surface area (Å²) in [4.78, 5) is 8.17. The van der Waals surface area contributed by atoms with Crippen molar-refractivity contribution in [3.05, 3.63) is 66.6 Å². The van der Waals surface area contributed by atoms with Crippen LogP contribution in [-0.4, -0.2) is 10.9 Å². The Morgan fingerprint density at radius 2 is 1.67 bits per heavy atom. The maximum Gasteiger partial charge on any atom is 0.195 e. The van der Waals surface area contributed by atoms with Crippen LogP contribution in [0.5, 0.6) is 11.5 Å². The van der Waals surface area contributed by atoms with Crippen LogP contribution in [0.1, 0.15) is 5.56 Å². The van der Waals surface area contributed by atoms with Crippen LogP contribution in [0, 0.1) is 0 Å². The van der Waals surface area contributed by atoms with Crippen molar-refractivity contribution in [1.29, 1.82) is 0 Å². The zero-order chi connectivity index (χ0) is 14.7. The van der Waals surface area contributed by atoms with Gasteiger partial charge in [-0.25, -0.2) is 4.99 Å². The SMILES string of the molecule is NC1=NC(N)(c2ccc(Oc3ccncc3)cc2)C=CN1. The zero-order valence-corrected chi connectivity index (χ0v) is 11.2. The lowest BCUT2D eigenvalue weighted by Gasteiger charge is -2.25. The molecule has 6 nitrogen and oxygen atoms in total. The van der Waals surface area contributed by atoms with Crippen molar-refractivity contribution in [1.82, 2.24) is 10.3 Å². The normalized spacial score (nSPS) is 20.5. The molecule has 1 aromatic carbocycles. The number of benzene rings is 1. The summed E-state index contributed by atoms with van der Waals surface area (Å²) in [5, 5.41) is 2.79. The minimum absolute atomic E-state index is 0.289. The first kappa shape index (κ1) is 13.1. The van der Waals surface area contributed by atoms with Gasteiger partial charge in [-0.15, -0.1) is 0 Å². The lowest BCUT2D eigenvalue weighted by Crippen LogP contribution is -2.42. The van der Waals surface area contributed by atoms with E-state index in [-0.39, 0.29) is 5.96 Å². The molecular formula is C15H15N5O. The third-order valence-electron chi connectivity index (χ3n) is 3.08. The second-order valence-corrected chi connectivity index (χ2v) is 4.61. The van der Waals surface area contributed by atoms with Crippen molar-refractivity contribution in [2.45, 2.75) is 5.66 Å². The van der Waals surface area contributed by atoms with E-state index >= 15 is 0 Å². The molecule has 1 aromatic heterocycles. The number of ether oxygens (including phenoxy) is 1. The molecule has 0 amide bonds. The lowest BCUT2D eigenvalue weighted by molar-refractivity contribution is 0.480. The van der Waals surface area contributed by atoms with Crippen molar-refractivity contribution >= 4 is 5.96 Å². The first-order valence-corrected chi connectivity index (χ1v) is 6.43. The number of nitrogens with one attached hydrogen (secondary N) is 1. The van der Waals surface area contributed by atoms with Gasteiger partial charge in [0.05, 0.1) is 0 Å². The van der Waals surface area contributed by atoms with Crippen molar-refractivity contribution in [2.24, 2.45) is 16.5 Å². The molecule has 3 rings (SSSR count). The predicted octanol–water partition coefficient (Wildman–Crippen LogP) is 1.42. The van der Waals surface area contributed by atoms with Gasteiger partial charge in [0.25, 0.3) is 0 Å². The highest BCUT2D eigenvalue weighted by molar-refractivity contribution is 5.80. The molecule has 1 atom stereocenters. The molecule has 0 saturated carbocycles. The largest absolute Gasteiger partial charge is 0.457 e. The minimum Gasteiger partial charge on any atom is -0.457 e. The smallest absolute Gasteiger partial charge is 0.195 e. The second kappa shape index (κ2) is 5.26. The summed E-state index contributed by atoms with van der Waals surface area (Å²) in [6.45, 7) is 0. The molecule has 0 radical (unpaired) electrons. The summed E-state index contributed by atoms with van der Waals surface area (Å²) >= 11 is 0. The van der Waals surface area contributed by atoms with E-state index in [0.717, 1.165) is 11.3 Å². The molecule has 0 spiro atoms. The minimum atomic E-state index is -0.954. The Morgan fingerprint density at radius 1 is 1.00 bits per heavy atom. The van der Waals surface area contributed by atoms with E-state index in [4.69, 9.17) is 16.2 Å². The standard InChI is InChI=1S/C15H15N5O/c16-14-19-10-7-15(17,20-14)11-1-3-12(4-2-11)21-13-5-8-18-9-6-13/h1-10H,17H2,(H3,16,19,20). The van der Waals surface area contributed by atoms with Crippen LogP contribution in [0.15, 0.2) is 66.1 Å². The molecule has 106 valence electrons. The Bertz CT molecular complexity index is 681. The van der Waals surface area contributed by atoms with Gasteiger partial charge < -0.3 is 15.8 Å². The molecule has 0 aliphatic carbocycles. The molecule has 21 heavy (non-hydrogen) atoms. The molecule has 1 aliphatic rings. The van der Waals surface area contributed by atoms with Gasteiger partial charge in [0, 0.05) is 18.6 Å². The van der Waals surface area contributed by atoms with E-state index in [1.807, 2.05) is 24.3 Å². The van der Waals surface area contributed by atoms with Gasteiger partial charge in [0.15, 0.2) is 11.6 Å². The van der Waals surface area contributed by atoms with Crippen LogP contribution < -0.4 is 21.5 Å². The maximum atomic E-state index is 6.23. The number of hydrogen-bond donors (Lipinski definition) is 3. The van der Waals surface area contributed by atoms with Crippen LogP contribution in [0.3, 0.4) is 0 Å². The van der Waals surface area contributed by atoms with Crippen molar-refractivity contribution in [3.8, 4) is 11.5 Å². The van der Waals surface area contributed by atoms with Crippen LogP contribution in [0.25, 0.3) is 0 Å². The van der Waals surface area contributed by atoms with Crippen LogP contribution in [0.4, 0.5) is 0 Å². The molecule has 1 unspecified atom stereocenters. The Labute approximate surface area is 122 Å². The fourth-order valence-corrected chi connectivity index (χ4v) is 2.02. The van der Waals surface area contributed by atoms with Gasteiger partial charge in [0.1, 0.15) is 11.5 Å². The molecule has 2 aromatic rings. The lowest BCUT2D eigenvalue weighted by atomic mass is 10.00. The first-order chi connectivity index (χ1) is 10.2. The van der Waals surface area contributed by atoms with Crippen LogP contribution in [-0.2, 0) is 5.66 Å². The highest BCUT2D eigenvalue weighted by atomic mass is 16.5. The molecule has 0 bridgehead atoms. The van der Waals surface area contributed by atoms with Crippen LogP contribution >= 0.6 is 0 Å². The number of hydrogen-bond acceptors (Lipinski definition) is 6. The van der Waals surface area contributed by atoms with E-state index in [1.54, 1.807) is 36.8 Å². The predicted molar refractivity (Wildman–Crippen MR) is 80.5 cm³/mol. The first-order valence-electron chi connectivity index (χ1n) is 6.43. The van der Waals surface area contributed by atoms with Crippen molar-refractivity contribution in [3.63, 3.8) is 0 Å². The van der Waals surface area contributed by atoms with E-state index in [9.17, 15) is 0 Å². The van der Waals surface area contributed by atoms with E-state index in [1.165, 1.54) is 0 Å². The summed E-state index contributed by atoms with van der Waals surface area (Å²) in [7, 11) is 0. The number of nitrogens with two attached hydrogens (primary N) is 2. The molecule has 0 saturated heterocycles. The number of aliphatic imine (C=N–C) groups is 1. The quantitative estimate of drug-likeness (QED) is 0.790. The number of pyridine rings is 1. The van der Waals surface area contributed by atoms with Gasteiger partial charge in [0.2, 0.25) is 0 Å². The van der Waals surface area contributed by atoms with Gasteiger partial charge in [-0.1, -0.05) is 12.1 Å². The highest BCUT2D eigenvalue weighted by Crippen LogP contribution is 2.27. The Morgan fingerprint density at radius 3 is 2.33 bits per heavy atom. The Hall–Kier alpha value is -2.86. The molecule has 2 heterocycles. The number of nitrogens with zero attached hydrogens (tertiary/aromatic N) is 2. The summed E-state index contributed by atoms with van der Waals surface area (Å²) < 4.78 is 5.70. The third kappa shape index (κ3) is 2.85. The zero-order valence-electron chi connectivity index (χ0n) is 11.2. The molecule has 5 N–H and O–H groups in total. The molecule has 0 fully saturated rings. The summed E-state index contributed by atoms with van der Waals surface area (Å²) in [5.74, 6) is 1.73. The van der Waals surface area contributed by atoms with Gasteiger partial charge >= 0.3 is 0 Å². The van der Waals surface area contributed by atoms with Crippen molar-refractivity contribution in [2.75, 3.05) is 0 Å². The maximum absolute atomic E-state index is 6.23. The van der Waals surface area contributed by atoms with Crippen molar-refractivity contribution < 1.29 is 4.74 Å². The average Bonchev–Trinajstić information content (AvgIpc) is 2.49. The van der Waals surface area contributed by atoms with Crippen LogP contribution in [0.2, 0.25) is 0 Å². The second-order valence-electron chi connectivity index (χ2n) is 4.61. The Balaban J connectivity index is 1.81. The van der Waals surface area contributed by atoms with Gasteiger partial charge in [-0.3, -0.25) is 10.7 Å². The molecule has 6 heteroatoms. The monoisotopic (exact) mass is 281 g/mol. The topological polar surface area (TPSA) is 98.5 Å². The summed E-state index contributed by atoms with van der Waals surface area (Å²) in [5.41, 5.74) is 11.8. The average molecular weight is 281 g/mol.